The summed E-state index contributed by atoms with van der Waals surface area (Å²) in [6.07, 6.45) is 5.11. The number of nitrogens with one attached hydrogen (secondary N) is 1. The van der Waals surface area contributed by atoms with Gasteiger partial charge in [0.05, 0.1) is 0 Å². The van der Waals surface area contributed by atoms with Crippen LogP contribution in [0.25, 0.3) is 0 Å². The molecule has 4 N–H and O–H groups in total. The number of hydrogen-bond donors (Lipinski definition) is 3. The van der Waals surface area contributed by atoms with E-state index >= 15 is 0 Å². The lowest BCUT2D eigenvalue weighted by Crippen LogP contribution is -2.37. The van der Waals surface area contributed by atoms with Crippen molar-refractivity contribution in [3.8, 4) is 0 Å². The summed E-state index contributed by atoms with van der Waals surface area (Å²) >= 11 is 0. The maximum Gasteiger partial charge on any atom is 0.115 e. The molecule has 94 valence electrons. The molecule has 16 heavy (non-hydrogen) atoms. The van der Waals surface area contributed by atoms with E-state index in [9.17, 15) is 5.11 Å². The van der Waals surface area contributed by atoms with Gasteiger partial charge in [-0.05, 0) is 32.9 Å². The van der Waals surface area contributed by atoms with E-state index < -0.39 is 6.10 Å². The lowest BCUT2D eigenvalue weighted by Gasteiger charge is -2.14. The van der Waals surface area contributed by atoms with Gasteiger partial charge in [-0.25, -0.2) is 0 Å². The van der Waals surface area contributed by atoms with Gasteiger partial charge in [0.25, 0.3) is 0 Å². The molecule has 0 radical (unpaired) electrons. The van der Waals surface area contributed by atoms with Crippen LogP contribution in [-0.4, -0.2) is 36.9 Å². The summed E-state index contributed by atoms with van der Waals surface area (Å²) in [5.41, 5.74) is 5.57. The molecule has 0 fully saturated rings. The van der Waals surface area contributed by atoms with Crippen molar-refractivity contribution in [1.29, 1.82) is 0 Å². The number of aliphatic hydroxyl groups excluding tert-OH is 1. The van der Waals surface area contributed by atoms with Gasteiger partial charge in [-0.2, -0.15) is 0 Å². The van der Waals surface area contributed by atoms with Crippen LogP contribution in [0.4, 0.5) is 0 Å². The Labute approximate surface area is 98.2 Å². The fraction of sp³-hybridized carbons (Fsp3) is 0.667. The molecule has 4 nitrogen and oxygen atoms in total. The molecule has 0 aromatic rings. The Kier molecular flexibility index (Phi) is 8.90. The SMILES string of the molecule is C/C=C\C(=C/C)OCC(O)CNCC(C)N. The fourth-order valence-electron chi connectivity index (χ4n) is 1.12. The summed E-state index contributed by atoms with van der Waals surface area (Å²) in [5, 5.41) is 12.7. The van der Waals surface area contributed by atoms with E-state index in [0.717, 1.165) is 5.76 Å². The Hall–Kier alpha value is -0.840. The van der Waals surface area contributed by atoms with Gasteiger partial charge in [-0.15, -0.1) is 0 Å². The fourth-order valence-corrected chi connectivity index (χ4v) is 1.12. The molecular weight excluding hydrogens is 204 g/mol. The second-order valence-electron chi connectivity index (χ2n) is 3.79. The van der Waals surface area contributed by atoms with E-state index in [1.807, 2.05) is 39.0 Å². The average Bonchev–Trinajstić information content (AvgIpc) is 2.23. The van der Waals surface area contributed by atoms with Gasteiger partial charge in [0.2, 0.25) is 0 Å². The topological polar surface area (TPSA) is 67.5 Å². The van der Waals surface area contributed by atoms with Crippen molar-refractivity contribution in [1.82, 2.24) is 5.32 Å². The molecule has 0 amide bonds. The second-order valence-corrected chi connectivity index (χ2v) is 3.79. The zero-order chi connectivity index (χ0) is 12.4. The first-order valence-corrected chi connectivity index (χ1v) is 5.66. The minimum absolute atomic E-state index is 0.0993. The molecule has 0 saturated carbocycles. The highest BCUT2D eigenvalue weighted by Crippen LogP contribution is 2.00. The molecule has 2 atom stereocenters. The van der Waals surface area contributed by atoms with Crippen LogP contribution >= 0.6 is 0 Å². The first-order chi connectivity index (χ1) is 7.60. The predicted octanol–water partition coefficient (Wildman–Crippen LogP) is 0.781. The third-order valence-corrected chi connectivity index (χ3v) is 1.90. The molecule has 0 rings (SSSR count). The van der Waals surface area contributed by atoms with Crippen molar-refractivity contribution in [3.05, 3.63) is 24.0 Å². The largest absolute Gasteiger partial charge is 0.491 e. The van der Waals surface area contributed by atoms with E-state index in [0.29, 0.717) is 13.1 Å². The Morgan fingerprint density at radius 2 is 2.12 bits per heavy atom. The molecule has 0 aromatic carbocycles. The van der Waals surface area contributed by atoms with Crippen LogP contribution < -0.4 is 11.1 Å². The highest BCUT2D eigenvalue weighted by molar-refractivity contribution is 5.09. The van der Waals surface area contributed by atoms with E-state index in [1.165, 1.54) is 0 Å². The van der Waals surface area contributed by atoms with Gasteiger partial charge in [0, 0.05) is 19.1 Å². The molecular formula is C12H24N2O2. The summed E-state index contributed by atoms with van der Waals surface area (Å²) in [5.74, 6) is 0.772. The first kappa shape index (κ1) is 15.2. The van der Waals surface area contributed by atoms with Crippen molar-refractivity contribution in [3.63, 3.8) is 0 Å². The number of aliphatic hydroxyl groups is 1. The third-order valence-electron chi connectivity index (χ3n) is 1.90. The van der Waals surface area contributed by atoms with Crippen LogP contribution in [0.5, 0.6) is 0 Å². The summed E-state index contributed by atoms with van der Waals surface area (Å²) in [6.45, 7) is 7.22. The smallest absolute Gasteiger partial charge is 0.115 e. The Morgan fingerprint density at radius 3 is 2.62 bits per heavy atom. The van der Waals surface area contributed by atoms with Crippen molar-refractivity contribution in [2.75, 3.05) is 19.7 Å². The summed E-state index contributed by atoms with van der Waals surface area (Å²) in [6, 6.07) is 0.0993. The summed E-state index contributed by atoms with van der Waals surface area (Å²) in [4.78, 5) is 0. The number of hydrogen-bond acceptors (Lipinski definition) is 4. The molecule has 0 aromatic heterocycles. The molecule has 0 heterocycles. The van der Waals surface area contributed by atoms with Gasteiger partial charge in [0.15, 0.2) is 0 Å². The van der Waals surface area contributed by atoms with Gasteiger partial charge in [0.1, 0.15) is 18.5 Å². The Bertz CT molecular complexity index is 225. The highest BCUT2D eigenvalue weighted by atomic mass is 16.5. The molecule has 4 heteroatoms. The van der Waals surface area contributed by atoms with E-state index in [-0.39, 0.29) is 12.6 Å². The maximum absolute atomic E-state index is 9.60. The van der Waals surface area contributed by atoms with Crippen LogP contribution in [0, 0.1) is 0 Å². The molecule has 0 aliphatic carbocycles. The monoisotopic (exact) mass is 228 g/mol. The van der Waals surface area contributed by atoms with Gasteiger partial charge < -0.3 is 20.9 Å². The van der Waals surface area contributed by atoms with Crippen LogP contribution in [0.1, 0.15) is 20.8 Å². The zero-order valence-corrected chi connectivity index (χ0v) is 10.4. The molecule has 2 unspecified atom stereocenters. The van der Waals surface area contributed by atoms with E-state index in [4.69, 9.17) is 10.5 Å². The van der Waals surface area contributed by atoms with Crippen molar-refractivity contribution < 1.29 is 9.84 Å². The molecule has 0 saturated heterocycles. The number of nitrogens with two attached hydrogens (primary N) is 1. The van der Waals surface area contributed by atoms with Crippen LogP contribution in [0.15, 0.2) is 24.0 Å². The lowest BCUT2D eigenvalue weighted by atomic mass is 10.3. The van der Waals surface area contributed by atoms with Crippen molar-refractivity contribution in [2.24, 2.45) is 5.73 Å². The zero-order valence-electron chi connectivity index (χ0n) is 10.4. The summed E-state index contributed by atoms with van der Waals surface area (Å²) < 4.78 is 5.40. The molecule has 0 spiro atoms. The number of allylic oxidation sites excluding steroid dienone is 3. The van der Waals surface area contributed by atoms with Gasteiger partial charge >= 0.3 is 0 Å². The Balaban J connectivity index is 3.67. The quantitative estimate of drug-likeness (QED) is 0.424. The predicted molar refractivity (Wildman–Crippen MR) is 67.0 cm³/mol. The molecule has 0 aliphatic heterocycles. The van der Waals surface area contributed by atoms with Crippen LogP contribution in [-0.2, 0) is 4.74 Å². The van der Waals surface area contributed by atoms with Crippen molar-refractivity contribution in [2.45, 2.75) is 32.9 Å². The highest BCUT2D eigenvalue weighted by Gasteiger charge is 2.05. The number of rotatable bonds is 8. The first-order valence-electron chi connectivity index (χ1n) is 5.66. The molecule has 0 aliphatic rings. The van der Waals surface area contributed by atoms with Crippen molar-refractivity contribution >= 4 is 0 Å². The number of ether oxygens (including phenoxy) is 1. The third kappa shape index (κ3) is 8.47. The Morgan fingerprint density at radius 1 is 1.44 bits per heavy atom. The lowest BCUT2D eigenvalue weighted by molar-refractivity contribution is 0.0751. The van der Waals surface area contributed by atoms with Gasteiger partial charge in [-0.1, -0.05) is 6.08 Å². The normalized spacial score (nSPS) is 16.4. The van der Waals surface area contributed by atoms with Gasteiger partial charge in [-0.3, -0.25) is 0 Å². The summed E-state index contributed by atoms with van der Waals surface area (Å²) in [7, 11) is 0. The second kappa shape index (κ2) is 9.39. The van der Waals surface area contributed by atoms with Crippen LogP contribution in [0.2, 0.25) is 0 Å². The average molecular weight is 228 g/mol. The van der Waals surface area contributed by atoms with E-state index in [2.05, 4.69) is 5.32 Å². The minimum atomic E-state index is -0.515. The maximum atomic E-state index is 9.60. The molecule has 0 bridgehead atoms. The van der Waals surface area contributed by atoms with Crippen LogP contribution in [0.3, 0.4) is 0 Å². The minimum Gasteiger partial charge on any atom is -0.491 e. The van der Waals surface area contributed by atoms with E-state index in [1.54, 1.807) is 0 Å². The standard InChI is InChI=1S/C12H24N2O2/c1-4-6-12(5-2)16-9-11(15)8-14-7-10(3)13/h4-6,10-11,14-15H,7-9,13H2,1-3H3/b6-4-,12-5+.